The smallest absolute Gasteiger partial charge is 0.246 e. The Hall–Kier alpha value is -2.47. The summed E-state index contributed by atoms with van der Waals surface area (Å²) in [6.07, 6.45) is 2.62. The van der Waals surface area contributed by atoms with E-state index in [9.17, 15) is 4.79 Å². The molecule has 2 aliphatic heterocycles. The first-order valence-corrected chi connectivity index (χ1v) is 8.76. The number of likely N-dealkylation sites (N-methyl/N-ethyl adjacent to an activating group) is 1. The molecular weight excluding hydrogens is 314 g/mol. The van der Waals surface area contributed by atoms with Crippen LogP contribution in [-0.2, 0) is 17.8 Å². The van der Waals surface area contributed by atoms with Gasteiger partial charge < -0.3 is 10.2 Å². The van der Waals surface area contributed by atoms with Crippen LogP contribution in [0, 0.1) is 5.92 Å². The molecule has 0 unspecified atom stereocenters. The molecule has 130 valence electrons. The van der Waals surface area contributed by atoms with Crippen LogP contribution in [0.1, 0.15) is 18.3 Å². The van der Waals surface area contributed by atoms with Gasteiger partial charge in [0.15, 0.2) is 5.82 Å². The number of likely N-dealkylation sites (tertiary alicyclic amines) is 1. The lowest BCUT2D eigenvalue weighted by atomic mass is 9.95. The third-order valence-corrected chi connectivity index (χ3v) is 5.12. The SMILES string of the molecule is C[C@H]1C(=O)Nc2cnc(CC3CN(Cc4ccccc4)C3)nc2N1C. The molecule has 2 aliphatic rings. The van der Waals surface area contributed by atoms with Gasteiger partial charge in [-0.15, -0.1) is 0 Å². The highest BCUT2D eigenvalue weighted by atomic mass is 16.2. The zero-order valence-electron chi connectivity index (χ0n) is 14.6. The molecule has 1 amide bonds. The second-order valence-electron chi connectivity index (χ2n) is 7.05. The number of fused-ring (bicyclic) bond motifs is 1. The Balaban J connectivity index is 1.36. The summed E-state index contributed by atoms with van der Waals surface area (Å²) in [7, 11) is 1.91. The zero-order valence-corrected chi connectivity index (χ0v) is 14.6. The van der Waals surface area contributed by atoms with E-state index in [4.69, 9.17) is 4.98 Å². The average Bonchev–Trinajstić information content (AvgIpc) is 2.59. The number of rotatable bonds is 4. The molecule has 4 rings (SSSR count). The summed E-state index contributed by atoms with van der Waals surface area (Å²) in [5, 5.41) is 2.87. The van der Waals surface area contributed by atoms with Crippen LogP contribution in [-0.4, -0.2) is 47.0 Å². The van der Waals surface area contributed by atoms with Crippen molar-refractivity contribution in [2.24, 2.45) is 5.92 Å². The number of nitrogens with zero attached hydrogens (tertiary/aromatic N) is 4. The molecule has 0 spiro atoms. The quantitative estimate of drug-likeness (QED) is 0.924. The van der Waals surface area contributed by atoms with Crippen molar-refractivity contribution in [1.82, 2.24) is 14.9 Å². The van der Waals surface area contributed by atoms with E-state index in [1.165, 1.54) is 5.56 Å². The Kier molecular flexibility index (Phi) is 4.13. The van der Waals surface area contributed by atoms with E-state index >= 15 is 0 Å². The lowest BCUT2D eigenvalue weighted by molar-refractivity contribution is -0.117. The first kappa shape index (κ1) is 16.0. The number of nitrogens with one attached hydrogen (secondary N) is 1. The van der Waals surface area contributed by atoms with Crippen LogP contribution in [0.25, 0.3) is 0 Å². The van der Waals surface area contributed by atoms with Gasteiger partial charge in [0.1, 0.15) is 17.6 Å². The fraction of sp³-hybridized carbons (Fsp3) is 0.421. The summed E-state index contributed by atoms with van der Waals surface area (Å²) in [6, 6.07) is 10.4. The van der Waals surface area contributed by atoms with E-state index in [0.29, 0.717) is 11.6 Å². The number of benzene rings is 1. The van der Waals surface area contributed by atoms with Gasteiger partial charge in [-0.2, -0.15) is 0 Å². The number of carbonyl (C=O) groups excluding carboxylic acids is 1. The predicted octanol–water partition coefficient (Wildman–Crippen LogP) is 1.93. The van der Waals surface area contributed by atoms with Crippen LogP contribution < -0.4 is 10.2 Å². The highest BCUT2D eigenvalue weighted by Crippen LogP contribution is 2.29. The molecule has 3 heterocycles. The highest BCUT2D eigenvalue weighted by Gasteiger charge is 2.30. The summed E-state index contributed by atoms with van der Waals surface area (Å²) in [6.45, 7) is 5.05. The van der Waals surface area contributed by atoms with Crippen molar-refractivity contribution in [3.8, 4) is 0 Å². The predicted molar refractivity (Wildman–Crippen MR) is 97.4 cm³/mol. The van der Waals surface area contributed by atoms with E-state index in [2.05, 4.69) is 45.5 Å². The summed E-state index contributed by atoms with van der Waals surface area (Å²) >= 11 is 0. The molecule has 0 aliphatic carbocycles. The van der Waals surface area contributed by atoms with Crippen molar-refractivity contribution < 1.29 is 4.79 Å². The van der Waals surface area contributed by atoms with Crippen molar-refractivity contribution in [1.29, 1.82) is 0 Å². The van der Waals surface area contributed by atoms with Crippen LogP contribution in [0.2, 0.25) is 0 Å². The third kappa shape index (κ3) is 3.22. The minimum Gasteiger partial charge on any atom is -0.346 e. The maximum Gasteiger partial charge on any atom is 0.246 e. The summed E-state index contributed by atoms with van der Waals surface area (Å²) in [4.78, 5) is 25.4. The third-order valence-electron chi connectivity index (χ3n) is 5.12. The van der Waals surface area contributed by atoms with Gasteiger partial charge in [0, 0.05) is 33.1 Å². The first-order valence-electron chi connectivity index (χ1n) is 8.76. The largest absolute Gasteiger partial charge is 0.346 e. The van der Waals surface area contributed by atoms with Crippen LogP contribution in [0.15, 0.2) is 36.5 Å². The molecule has 0 saturated carbocycles. The molecule has 0 radical (unpaired) electrons. The second-order valence-corrected chi connectivity index (χ2v) is 7.05. The van der Waals surface area contributed by atoms with Gasteiger partial charge in [-0.1, -0.05) is 30.3 Å². The van der Waals surface area contributed by atoms with Gasteiger partial charge in [-0.3, -0.25) is 9.69 Å². The molecule has 1 aromatic carbocycles. The Bertz CT molecular complexity index is 773. The number of amides is 1. The fourth-order valence-corrected chi connectivity index (χ4v) is 3.49. The summed E-state index contributed by atoms with van der Waals surface area (Å²) in [5.74, 6) is 2.26. The molecule has 25 heavy (non-hydrogen) atoms. The molecule has 1 saturated heterocycles. The van der Waals surface area contributed by atoms with Crippen molar-refractivity contribution in [3.63, 3.8) is 0 Å². The van der Waals surface area contributed by atoms with Gasteiger partial charge in [0.2, 0.25) is 5.91 Å². The van der Waals surface area contributed by atoms with E-state index < -0.39 is 0 Å². The Morgan fingerprint density at radius 2 is 2.00 bits per heavy atom. The zero-order chi connectivity index (χ0) is 17.4. The van der Waals surface area contributed by atoms with Crippen LogP contribution in [0.3, 0.4) is 0 Å². The summed E-state index contributed by atoms with van der Waals surface area (Å²) in [5.41, 5.74) is 2.06. The van der Waals surface area contributed by atoms with Crippen molar-refractivity contribution in [2.75, 3.05) is 30.4 Å². The van der Waals surface area contributed by atoms with E-state index in [1.54, 1.807) is 6.20 Å². The highest BCUT2D eigenvalue weighted by molar-refractivity contribution is 6.02. The number of hydrogen-bond donors (Lipinski definition) is 1. The van der Waals surface area contributed by atoms with Gasteiger partial charge >= 0.3 is 0 Å². The number of carbonyl (C=O) groups is 1. The number of hydrogen-bond acceptors (Lipinski definition) is 5. The molecule has 1 atom stereocenters. The lowest BCUT2D eigenvalue weighted by Crippen LogP contribution is -2.47. The molecule has 0 bridgehead atoms. The van der Waals surface area contributed by atoms with Crippen molar-refractivity contribution >= 4 is 17.4 Å². The Morgan fingerprint density at radius 1 is 1.24 bits per heavy atom. The van der Waals surface area contributed by atoms with Gasteiger partial charge in [-0.05, 0) is 18.4 Å². The monoisotopic (exact) mass is 337 g/mol. The van der Waals surface area contributed by atoms with Gasteiger partial charge in [0.05, 0.1) is 6.20 Å². The Morgan fingerprint density at radius 3 is 2.76 bits per heavy atom. The second kappa shape index (κ2) is 6.44. The average molecular weight is 337 g/mol. The molecule has 1 fully saturated rings. The molecule has 6 nitrogen and oxygen atoms in total. The molecule has 6 heteroatoms. The number of aromatic nitrogens is 2. The normalized spacial score (nSPS) is 20.8. The van der Waals surface area contributed by atoms with E-state index in [0.717, 1.165) is 37.7 Å². The first-order chi connectivity index (χ1) is 12.1. The minimum atomic E-state index is -0.208. The van der Waals surface area contributed by atoms with E-state index in [-0.39, 0.29) is 11.9 Å². The van der Waals surface area contributed by atoms with Crippen LogP contribution in [0.4, 0.5) is 11.5 Å². The van der Waals surface area contributed by atoms with E-state index in [1.807, 2.05) is 18.9 Å². The van der Waals surface area contributed by atoms with Crippen molar-refractivity contribution in [2.45, 2.75) is 25.9 Å². The molecule has 1 aromatic heterocycles. The van der Waals surface area contributed by atoms with Crippen molar-refractivity contribution in [3.05, 3.63) is 47.9 Å². The molecular formula is C19H23N5O. The maximum atomic E-state index is 11.9. The van der Waals surface area contributed by atoms with Gasteiger partial charge in [0.25, 0.3) is 0 Å². The maximum absolute atomic E-state index is 11.9. The number of anilines is 2. The lowest BCUT2D eigenvalue weighted by Gasteiger charge is -2.39. The summed E-state index contributed by atoms with van der Waals surface area (Å²) < 4.78 is 0. The fourth-order valence-electron chi connectivity index (χ4n) is 3.49. The standard InChI is InChI=1S/C19H23N5O/c1-13-19(25)21-16-9-20-17(22-18(16)23(13)2)8-15-11-24(12-15)10-14-6-4-3-5-7-14/h3-7,9,13,15H,8,10-12H2,1-2H3,(H,21,25)/t13-/m0/s1. The minimum absolute atomic E-state index is 0.0121. The Labute approximate surface area is 147 Å². The molecule has 2 aromatic rings. The van der Waals surface area contributed by atoms with Gasteiger partial charge in [-0.25, -0.2) is 9.97 Å². The topological polar surface area (TPSA) is 61.4 Å². The molecule has 1 N–H and O–H groups in total. The van der Waals surface area contributed by atoms with Crippen LogP contribution >= 0.6 is 0 Å². The van der Waals surface area contributed by atoms with Crippen LogP contribution in [0.5, 0.6) is 0 Å².